The maximum atomic E-state index is 12.4. The second-order valence-corrected chi connectivity index (χ2v) is 4.97. The monoisotopic (exact) mass is 327 g/mol. The van der Waals surface area contributed by atoms with Crippen LogP contribution in [0.4, 0.5) is 11.4 Å². The molecule has 0 aromatic heterocycles. The van der Waals surface area contributed by atoms with E-state index in [4.69, 9.17) is 20.5 Å². The third kappa shape index (κ3) is 2.96. The molecule has 1 heterocycles. The summed E-state index contributed by atoms with van der Waals surface area (Å²) in [7, 11) is 0. The van der Waals surface area contributed by atoms with Crippen LogP contribution in [0, 0.1) is 34.0 Å². The third-order valence-corrected chi connectivity index (χ3v) is 3.43. The van der Waals surface area contributed by atoms with Gasteiger partial charge in [-0.2, -0.15) is 15.8 Å². The molecule has 0 unspecified atom stereocenters. The molecule has 0 aliphatic carbocycles. The van der Waals surface area contributed by atoms with E-state index in [0.29, 0.717) is 22.9 Å². The molecule has 1 aliphatic rings. The zero-order valence-electron chi connectivity index (χ0n) is 12.7. The minimum Gasteiger partial charge on any atom is -0.454 e. The largest absolute Gasteiger partial charge is 0.454 e. The molecule has 0 atom stereocenters. The van der Waals surface area contributed by atoms with Gasteiger partial charge in [-0.05, 0) is 30.3 Å². The molecule has 1 amide bonds. The number of amides is 1. The van der Waals surface area contributed by atoms with Gasteiger partial charge < -0.3 is 15.4 Å². The molecule has 0 fully saturated rings. The first kappa shape index (κ1) is 15.6. The number of rotatable bonds is 2. The number of fused-ring (bicyclic) bond motifs is 2. The summed E-state index contributed by atoms with van der Waals surface area (Å²) >= 11 is 0. The molecule has 3 rings (SSSR count). The summed E-state index contributed by atoms with van der Waals surface area (Å²) in [6, 6.07) is 16.7. The lowest BCUT2D eigenvalue weighted by Crippen LogP contribution is -2.11. The molecule has 2 N–H and O–H groups in total. The van der Waals surface area contributed by atoms with E-state index in [-0.39, 0.29) is 22.7 Å². The number of ether oxygens (including phenoxy) is 1. The molecule has 2 aromatic rings. The molecule has 1 aliphatic heterocycles. The first-order chi connectivity index (χ1) is 12.2. The zero-order chi connectivity index (χ0) is 17.8. The molecular formula is C18H9N5O2. The van der Waals surface area contributed by atoms with Crippen molar-refractivity contribution in [2.75, 3.05) is 10.6 Å². The number of allylic oxidation sites excluding steroid dienone is 2. The van der Waals surface area contributed by atoms with Crippen molar-refractivity contribution >= 4 is 17.3 Å². The summed E-state index contributed by atoms with van der Waals surface area (Å²) in [6.07, 6.45) is 0. The highest BCUT2D eigenvalue weighted by Crippen LogP contribution is 2.36. The van der Waals surface area contributed by atoms with Crippen LogP contribution in [0.1, 0.15) is 10.4 Å². The highest BCUT2D eigenvalue weighted by atomic mass is 16.5. The molecule has 0 saturated carbocycles. The normalized spacial score (nSPS) is 11.0. The van der Waals surface area contributed by atoms with Crippen LogP contribution in [0.2, 0.25) is 0 Å². The van der Waals surface area contributed by atoms with Gasteiger partial charge in [-0.1, -0.05) is 12.1 Å². The lowest BCUT2D eigenvalue weighted by Gasteiger charge is -2.09. The molecule has 7 heteroatoms. The number of nitrogens with one attached hydrogen (secondary N) is 2. The summed E-state index contributed by atoms with van der Waals surface area (Å²) in [6.45, 7) is 0. The smallest absolute Gasteiger partial charge is 0.259 e. The Balaban J connectivity index is 1.99. The Morgan fingerprint density at radius 2 is 1.76 bits per heavy atom. The number of anilines is 2. The fourth-order valence-electron chi connectivity index (χ4n) is 2.27. The fourth-order valence-corrected chi connectivity index (χ4v) is 2.27. The van der Waals surface area contributed by atoms with E-state index < -0.39 is 0 Å². The Bertz CT molecular complexity index is 1020. The van der Waals surface area contributed by atoms with Gasteiger partial charge in [-0.25, -0.2) is 0 Å². The number of carbonyl (C=O) groups excluding carboxylic acids is 1. The summed E-state index contributed by atoms with van der Waals surface area (Å²) in [4.78, 5) is 12.4. The van der Waals surface area contributed by atoms with Crippen molar-refractivity contribution in [3.8, 4) is 29.7 Å². The predicted molar refractivity (Wildman–Crippen MR) is 88.4 cm³/mol. The van der Waals surface area contributed by atoms with Crippen LogP contribution in [0.3, 0.4) is 0 Å². The number of hydrogen-bond donors (Lipinski definition) is 2. The number of para-hydroxylation sites is 2. The van der Waals surface area contributed by atoms with Crippen LogP contribution >= 0.6 is 0 Å². The summed E-state index contributed by atoms with van der Waals surface area (Å²) in [5, 5.41) is 32.3. The van der Waals surface area contributed by atoms with Crippen LogP contribution in [-0.4, -0.2) is 5.91 Å². The van der Waals surface area contributed by atoms with E-state index in [0.717, 1.165) is 0 Å². The van der Waals surface area contributed by atoms with Gasteiger partial charge in [0.25, 0.3) is 5.91 Å². The van der Waals surface area contributed by atoms with Crippen LogP contribution in [-0.2, 0) is 0 Å². The van der Waals surface area contributed by atoms with E-state index in [1.165, 1.54) is 6.07 Å². The Hall–Kier alpha value is -4.28. The average Bonchev–Trinajstić information content (AvgIpc) is 2.77. The lowest BCUT2D eigenvalue weighted by molar-refractivity contribution is 0.102. The highest BCUT2D eigenvalue weighted by Gasteiger charge is 2.21. The highest BCUT2D eigenvalue weighted by molar-refractivity contribution is 6.08. The van der Waals surface area contributed by atoms with Crippen LogP contribution in [0.5, 0.6) is 11.5 Å². The van der Waals surface area contributed by atoms with Crippen molar-refractivity contribution in [2.24, 2.45) is 0 Å². The quantitative estimate of drug-likeness (QED) is 0.816. The van der Waals surface area contributed by atoms with Gasteiger partial charge in [-0.15, -0.1) is 0 Å². The van der Waals surface area contributed by atoms with Crippen LogP contribution in [0.25, 0.3) is 0 Å². The fraction of sp³-hybridized carbons (Fsp3) is 0. The topological polar surface area (TPSA) is 122 Å². The second kappa shape index (κ2) is 6.45. The molecule has 25 heavy (non-hydrogen) atoms. The van der Waals surface area contributed by atoms with Gasteiger partial charge in [0.2, 0.25) is 0 Å². The third-order valence-electron chi connectivity index (χ3n) is 3.43. The van der Waals surface area contributed by atoms with Crippen molar-refractivity contribution in [2.45, 2.75) is 0 Å². The first-order valence-corrected chi connectivity index (χ1v) is 7.10. The molecule has 0 saturated heterocycles. The molecular weight excluding hydrogens is 318 g/mol. The Morgan fingerprint density at radius 1 is 1.00 bits per heavy atom. The summed E-state index contributed by atoms with van der Waals surface area (Å²) in [5.74, 6) is 0.507. The Morgan fingerprint density at radius 3 is 2.48 bits per heavy atom. The Kier molecular flexibility index (Phi) is 4.03. The van der Waals surface area contributed by atoms with E-state index >= 15 is 0 Å². The second-order valence-electron chi connectivity index (χ2n) is 4.97. The maximum absolute atomic E-state index is 12.4. The van der Waals surface area contributed by atoms with Crippen LogP contribution in [0.15, 0.2) is 53.7 Å². The zero-order valence-corrected chi connectivity index (χ0v) is 12.7. The van der Waals surface area contributed by atoms with Crippen LogP contribution < -0.4 is 15.4 Å². The van der Waals surface area contributed by atoms with Crippen molar-refractivity contribution in [1.29, 1.82) is 15.8 Å². The minimum absolute atomic E-state index is 0.191. The van der Waals surface area contributed by atoms with Crippen molar-refractivity contribution in [1.82, 2.24) is 0 Å². The van der Waals surface area contributed by atoms with E-state index in [1.54, 1.807) is 54.6 Å². The number of nitriles is 3. The predicted octanol–water partition coefficient (Wildman–Crippen LogP) is 3.28. The van der Waals surface area contributed by atoms with Gasteiger partial charge >= 0.3 is 0 Å². The number of nitrogens with zero attached hydrogens (tertiary/aromatic N) is 3. The molecule has 0 bridgehead atoms. The van der Waals surface area contributed by atoms with Crippen molar-refractivity contribution < 1.29 is 9.53 Å². The average molecular weight is 327 g/mol. The number of benzene rings is 2. The standard InChI is InChI=1S/C18H9N5O2/c19-8-11(9-20)15(10-21)22-12-5-6-16-13(7-12)18(24)23-14-3-1-2-4-17(14)25-16/h1-7,22H,(H,23,24). The molecule has 0 spiro atoms. The Labute approximate surface area is 143 Å². The van der Waals surface area contributed by atoms with Gasteiger partial charge in [0.15, 0.2) is 11.3 Å². The summed E-state index contributed by atoms with van der Waals surface area (Å²) < 4.78 is 5.76. The molecule has 0 radical (unpaired) electrons. The first-order valence-electron chi connectivity index (χ1n) is 7.10. The van der Waals surface area contributed by atoms with Crippen molar-refractivity contribution in [3.63, 3.8) is 0 Å². The van der Waals surface area contributed by atoms with Gasteiger partial charge in [0, 0.05) is 5.69 Å². The van der Waals surface area contributed by atoms with Crippen molar-refractivity contribution in [3.05, 3.63) is 59.3 Å². The molecule has 2 aromatic carbocycles. The van der Waals surface area contributed by atoms with E-state index in [1.807, 2.05) is 0 Å². The summed E-state index contributed by atoms with van der Waals surface area (Å²) in [5.41, 5.74) is 0.651. The molecule has 118 valence electrons. The number of hydrogen-bond acceptors (Lipinski definition) is 6. The lowest BCUT2D eigenvalue weighted by atomic mass is 10.1. The minimum atomic E-state index is -0.369. The van der Waals surface area contributed by atoms with Gasteiger partial charge in [0.05, 0.1) is 11.3 Å². The SMILES string of the molecule is N#CC(C#N)=C(C#N)Nc1ccc2c(c1)C(=O)Nc1ccccc1O2. The van der Waals surface area contributed by atoms with Gasteiger partial charge in [0.1, 0.15) is 29.7 Å². The number of carbonyl (C=O) groups is 1. The van der Waals surface area contributed by atoms with E-state index in [2.05, 4.69) is 10.6 Å². The van der Waals surface area contributed by atoms with Gasteiger partial charge in [-0.3, -0.25) is 4.79 Å². The maximum Gasteiger partial charge on any atom is 0.259 e. The van der Waals surface area contributed by atoms with E-state index in [9.17, 15) is 4.79 Å². The molecule has 7 nitrogen and oxygen atoms in total.